The molecule has 1 aromatic heterocycles. The molecule has 0 bridgehead atoms. The van der Waals surface area contributed by atoms with Gasteiger partial charge in [0.2, 0.25) is 0 Å². The van der Waals surface area contributed by atoms with Gasteiger partial charge in [0, 0.05) is 37.6 Å². The van der Waals surface area contributed by atoms with Crippen LogP contribution in [0.1, 0.15) is 17.5 Å². The number of aromatic nitrogens is 2. The molecular formula is C24H24N4O2. The third-order valence-electron chi connectivity index (χ3n) is 4.63. The van der Waals surface area contributed by atoms with Gasteiger partial charge in [0.1, 0.15) is 11.6 Å². The zero-order valence-electron chi connectivity index (χ0n) is 17.1. The number of methoxy groups -OCH3 is 1. The Labute approximate surface area is 176 Å². The summed E-state index contributed by atoms with van der Waals surface area (Å²) in [6, 6.07) is 19.7. The van der Waals surface area contributed by atoms with Crippen molar-refractivity contribution in [1.29, 1.82) is 5.26 Å². The molecule has 3 rings (SSSR count). The van der Waals surface area contributed by atoms with Crippen LogP contribution in [0.5, 0.6) is 0 Å². The summed E-state index contributed by atoms with van der Waals surface area (Å²) in [5, 5.41) is 17.1. The second kappa shape index (κ2) is 10.2. The van der Waals surface area contributed by atoms with Crippen molar-refractivity contribution in [1.82, 2.24) is 15.1 Å². The molecular weight excluding hydrogens is 376 g/mol. The number of para-hydroxylation sites is 1. The Bertz CT molecular complexity index is 1080. The summed E-state index contributed by atoms with van der Waals surface area (Å²) in [6.45, 7) is 3.01. The third-order valence-corrected chi connectivity index (χ3v) is 4.63. The average molecular weight is 400 g/mol. The maximum Gasteiger partial charge on any atom is 0.261 e. The van der Waals surface area contributed by atoms with Crippen LogP contribution in [0.3, 0.4) is 0 Å². The Morgan fingerprint density at radius 1 is 1.20 bits per heavy atom. The minimum atomic E-state index is -0.406. The Hall–Kier alpha value is -3.69. The lowest BCUT2D eigenvalue weighted by Gasteiger charge is -2.04. The molecule has 0 saturated carbocycles. The molecule has 0 fully saturated rings. The normalized spacial score (nSPS) is 11.2. The van der Waals surface area contributed by atoms with E-state index < -0.39 is 5.91 Å². The van der Waals surface area contributed by atoms with Crippen LogP contribution >= 0.6 is 0 Å². The van der Waals surface area contributed by atoms with Crippen molar-refractivity contribution in [3.8, 4) is 23.0 Å². The van der Waals surface area contributed by atoms with Gasteiger partial charge < -0.3 is 10.1 Å². The Balaban J connectivity index is 2.00. The number of rotatable bonds is 8. The molecule has 6 nitrogen and oxygen atoms in total. The lowest BCUT2D eigenvalue weighted by molar-refractivity contribution is -0.117. The number of hydrogen-bond acceptors (Lipinski definition) is 4. The van der Waals surface area contributed by atoms with E-state index >= 15 is 0 Å². The number of carbonyl (C=O) groups is 1. The van der Waals surface area contributed by atoms with E-state index in [2.05, 4.69) is 5.32 Å². The van der Waals surface area contributed by atoms with Crippen molar-refractivity contribution in [2.75, 3.05) is 20.3 Å². The van der Waals surface area contributed by atoms with Crippen LogP contribution in [0, 0.1) is 18.3 Å². The molecule has 0 saturated heterocycles. The summed E-state index contributed by atoms with van der Waals surface area (Å²) < 4.78 is 6.77. The van der Waals surface area contributed by atoms with Gasteiger partial charge in [-0.3, -0.25) is 4.79 Å². The first kappa shape index (κ1) is 21.0. The summed E-state index contributed by atoms with van der Waals surface area (Å²) >= 11 is 0. The van der Waals surface area contributed by atoms with Crippen LogP contribution in [0.4, 0.5) is 0 Å². The van der Waals surface area contributed by atoms with Crippen molar-refractivity contribution < 1.29 is 9.53 Å². The molecule has 6 heteroatoms. The first-order chi connectivity index (χ1) is 14.6. The molecule has 0 radical (unpaired) electrons. The first-order valence-electron chi connectivity index (χ1n) is 9.74. The molecule has 1 N–H and O–H groups in total. The van der Waals surface area contributed by atoms with Gasteiger partial charge in [0.15, 0.2) is 0 Å². The molecule has 3 aromatic rings. The van der Waals surface area contributed by atoms with Crippen LogP contribution in [0.25, 0.3) is 23.0 Å². The Morgan fingerprint density at radius 2 is 1.93 bits per heavy atom. The molecule has 30 heavy (non-hydrogen) atoms. The molecule has 0 aliphatic rings. The largest absolute Gasteiger partial charge is 0.385 e. The highest BCUT2D eigenvalue weighted by Gasteiger charge is 2.15. The van der Waals surface area contributed by atoms with Gasteiger partial charge in [-0.15, -0.1) is 0 Å². The first-order valence-corrected chi connectivity index (χ1v) is 9.74. The van der Waals surface area contributed by atoms with Crippen molar-refractivity contribution in [3.63, 3.8) is 0 Å². The maximum absolute atomic E-state index is 12.5. The van der Waals surface area contributed by atoms with Crippen LogP contribution < -0.4 is 5.32 Å². The van der Waals surface area contributed by atoms with Gasteiger partial charge in [0.25, 0.3) is 5.91 Å². The summed E-state index contributed by atoms with van der Waals surface area (Å²) in [4.78, 5) is 12.5. The number of aryl methyl sites for hydroxylation is 1. The number of benzene rings is 2. The van der Waals surface area contributed by atoms with Gasteiger partial charge in [0.05, 0.1) is 11.4 Å². The predicted molar refractivity (Wildman–Crippen MR) is 117 cm³/mol. The Kier molecular flexibility index (Phi) is 7.14. The van der Waals surface area contributed by atoms with E-state index in [4.69, 9.17) is 9.84 Å². The number of carbonyl (C=O) groups excluding carboxylic acids is 1. The van der Waals surface area contributed by atoms with E-state index in [1.807, 2.05) is 73.8 Å². The third kappa shape index (κ3) is 5.02. The highest BCUT2D eigenvalue weighted by molar-refractivity contribution is 6.02. The highest BCUT2D eigenvalue weighted by Crippen LogP contribution is 2.26. The van der Waals surface area contributed by atoms with E-state index in [1.54, 1.807) is 17.9 Å². The molecule has 0 unspecified atom stereocenters. The zero-order chi connectivity index (χ0) is 21.3. The molecule has 1 heterocycles. The summed E-state index contributed by atoms with van der Waals surface area (Å²) in [6.07, 6.45) is 4.12. The second-order valence-corrected chi connectivity index (χ2v) is 6.80. The van der Waals surface area contributed by atoms with E-state index in [-0.39, 0.29) is 5.57 Å². The minimum Gasteiger partial charge on any atom is -0.385 e. The van der Waals surface area contributed by atoms with Gasteiger partial charge >= 0.3 is 0 Å². The molecule has 1 amide bonds. The van der Waals surface area contributed by atoms with E-state index in [0.29, 0.717) is 30.8 Å². The fraction of sp³-hybridized carbons (Fsp3) is 0.208. The van der Waals surface area contributed by atoms with Crippen molar-refractivity contribution in [2.24, 2.45) is 0 Å². The van der Waals surface area contributed by atoms with E-state index in [0.717, 1.165) is 16.8 Å². The fourth-order valence-electron chi connectivity index (χ4n) is 3.07. The van der Waals surface area contributed by atoms with Crippen LogP contribution in [0.2, 0.25) is 0 Å². The maximum atomic E-state index is 12.5. The number of nitrogens with zero attached hydrogens (tertiary/aromatic N) is 3. The van der Waals surface area contributed by atoms with Crippen LogP contribution in [-0.4, -0.2) is 35.9 Å². The second-order valence-electron chi connectivity index (χ2n) is 6.80. The van der Waals surface area contributed by atoms with E-state index in [1.165, 1.54) is 0 Å². The Morgan fingerprint density at radius 3 is 2.63 bits per heavy atom. The van der Waals surface area contributed by atoms with Crippen LogP contribution in [-0.2, 0) is 9.53 Å². The molecule has 0 atom stereocenters. The molecule has 0 aliphatic heterocycles. The molecule has 0 spiro atoms. The number of amides is 1. The molecule has 0 aliphatic carbocycles. The van der Waals surface area contributed by atoms with Crippen molar-refractivity contribution in [3.05, 3.63) is 77.5 Å². The smallest absolute Gasteiger partial charge is 0.261 e. The topological polar surface area (TPSA) is 79.9 Å². The van der Waals surface area contributed by atoms with Gasteiger partial charge in [-0.05, 0) is 31.1 Å². The zero-order valence-corrected chi connectivity index (χ0v) is 17.1. The standard InChI is InChI=1S/C24H24N4O2/c1-18-9-6-7-12-22(18)28-17-21(23(27-28)19-10-4-3-5-11-19)15-20(16-25)24(29)26-13-8-14-30-2/h3-7,9-12,15,17H,8,13-14H2,1-2H3,(H,26,29)/b20-15+. The molecule has 152 valence electrons. The summed E-state index contributed by atoms with van der Waals surface area (Å²) in [7, 11) is 1.61. The summed E-state index contributed by atoms with van der Waals surface area (Å²) in [5.74, 6) is -0.406. The molecule has 2 aromatic carbocycles. The predicted octanol–water partition coefficient (Wildman–Crippen LogP) is 3.91. The number of ether oxygens (including phenoxy) is 1. The quantitative estimate of drug-likeness (QED) is 0.353. The SMILES string of the molecule is COCCCNC(=O)/C(C#N)=C/c1cn(-c2ccccc2C)nc1-c1ccccc1. The highest BCUT2D eigenvalue weighted by atomic mass is 16.5. The van der Waals surface area contributed by atoms with Gasteiger partial charge in [-0.2, -0.15) is 10.4 Å². The average Bonchev–Trinajstić information content (AvgIpc) is 3.19. The van der Waals surface area contributed by atoms with Crippen LogP contribution in [0.15, 0.2) is 66.4 Å². The minimum absolute atomic E-state index is 0.0360. The number of nitrogens with one attached hydrogen (secondary N) is 1. The van der Waals surface area contributed by atoms with E-state index in [9.17, 15) is 10.1 Å². The lowest BCUT2D eigenvalue weighted by atomic mass is 10.1. The lowest BCUT2D eigenvalue weighted by Crippen LogP contribution is -2.26. The number of nitriles is 1. The van der Waals surface area contributed by atoms with Gasteiger partial charge in [-0.25, -0.2) is 4.68 Å². The number of hydrogen-bond donors (Lipinski definition) is 1. The monoisotopic (exact) mass is 400 g/mol. The van der Waals surface area contributed by atoms with Gasteiger partial charge in [-0.1, -0.05) is 48.5 Å². The fourth-order valence-corrected chi connectivity index (χ4v) is 3.07. The van der Waals surface area contributed by atoms with Crippen molar-refractivity contribution >= 4 is 12.0 Å². The van der Waals surface area contributed by atoms with Crippen molar-refractivity contribution in [2.45, 2.75) is 13.3 Å². The summed E-state index contributed by atoms with van der Waals surface area (Å²) in [5.41, 5.74) is 4.37.